The van der Waals surface area contributed by atoms with Gasteiger partial charge in [0.05, 0.1) is 31.3 Å². The maximum atomic E-state index is 11.0. The zero-order chi connectivity index (χ0) is 19.6. The summed E-state index contributed by atoms with van der Waals surface area (Å²) in [4.78, 5) is 0. The summed E-state index contributed by atoms with van der Waals surface area (Å²) in [6.45, 7) is 11.1. The zero-order valence-electron chi connectivity index (χ0n) is 16.4. The summed E-state index contributed by atoms with van der Waals surface area (Å²) in [6.07, 6.45) is -1.23. The summed E-state index contributed by atoms with van der Waals surface area (Å²) in [5.41, 5.74) is 7.57. The van der Waals surface area contributed by atoms with Crippen LogP contribution in [0.25, 0.3) is 0 Å². The zero-order valence-corrected chi connectivity index (χ0v) is 16.4. The largest absolute Gasteiger partial charge is 0.395 e. The summed E-state index contributed by atoms with van der Waals surface area (Å²) in [5.74, 6) is 0. The Hall–Kier alpha value is -0.980. The molecule has 1 aromatic carbocycles. The Balaban J connectivity index is 3.79. The minimum absolute atomic E-state index is 0.0879. The maximum absolute atomic E-state index is 11.0. The quantitative estimate of drug-likeness (QED) is 0.535. The smallest absolute Gasteiger partial charge is 0.0918 e. The van der Waals surface area contributed by atoms with Gasteiger partial charge in [0, 0.05) is 6.54 Å². The number of rotatable bonds is 6. The van der Waals surface area contributed by atoms with Crippen molar-refractivity contribution in [1.82, 2.24) is 0 Å². The van der Waals surface area contributed by atoms with Crippen molar-refractivity contribution < 1.29 is 20.4 Å². The van der Waals surface area contributed by atoms with Crippen molar-refractivity contribution in [3.05, 3.63) is 34.4 Å². The van der Waals surface area contributed by atoms with Gasteiger partial charge in [-0.3, -0.25) is 0 Å². The lowest BCUT2D eigenvalue weighted by atomic mass is 9.71. The van der Waals surface area contributed by atoms with E-state index in [1.165, 1.54) is 0 Å². The second kappa shape index (κ2) is 7.72. The third-order valence-electron chi connectivity index (χ3n) is 4.96. The lowest BCUT2D eigenvalue weighted by Gasteiger charge is -2.38. The molecule has 0 heterocycles. The molecule has 5 nitrogen and oxygen atoms in total. The van der Waals surface area contributed by atoms with Gasteiger partial charge in [-0.05, 0) is 33.1 Å². The summed E-state index contributed by atoms with van der Waals surface area (Å²) >= 11 is 0. The van der Waals surface area contributed by atoms with Gasteiger partial charge in [0.1, 0.15) is 0 Å². The topological polar surface area (TPSA) is 107 Å². The second-order valence-corrected chi connectivity index (χ2v) is 9.04. The van der Waals surface area contributed by atoms with Gasteiger partial charge in [-0.2, -0.15) is 0 Å². The first-order chi connectivity index (χ1) is 11.4. The predicted octanol–water partition coefficient (Wildman–Crippen LogP) is 1.74. The number of hydrogen-bond acceptors (Lipinski definition) is 5. The van der Waals surface area contributed by atoms with E-state index < -0.39 is 31.3 Å². The molecule has 0 aliphatic heterocycles. The normalized spacial score (nSPS) is 14.7. The van der Waals surface area contributed by atoms with Crippen LogP contribution in [-0.4, -0.2) is 40.2 Å². The molecule has 0 amide bonds. The Morgan fingerprint density at radius 1 is 0.880 bits per heavy atom. The van der Waals surface area contributed by atoms with Crippen LogP contribution in [0.1, 0.15) is 69.9 Å². The lowest BCUT2D eigenvalue weighted by molar-refractivity contribution is -0.0860. The molecule has 1 rings (SSSR count). The second-order valence-electron chi connectivity index (χ2n) is 9.04. The van der Waals surface area contributed by atoms with E-state index in [2.05, 4.69) is 26.8 Å². The molecule has 25 heavy (non-hydrogen) atoms. The van der Waals surface area contributed by atoms with Crippen LogP contribution in [0, 0.1) is 5.41 Å². The van der Waals surface area contributed by atoms with Crippen molar-refractivity contribution in [2.45, 2.75) is 65.0 Å². The Bertz CT molecular complexity index is 572. The van der Waals surface area contributed by atoms with Crippen LogP contribution >= 0.6 is 0 Å². The van der Waals surface area contributed by atoms with Crippen LogP contribution in [0.3, 0.4) is 0 Å². The van der Waals surface area contributed by atoms with Crippen LogP contribution in [0.15, 0.2) is 12.1 Å². The van der Waals surface area contributed by atoms with E-state index in [0.717, 1.165) is 16.7 Å². The molecule has 0 saturated heterocycles. The van der Waals surface area contributed by atoms with Gasteiger partial charge in [-0.25, -0.2) is 0 Å². The number of aliphatic hydroxyl groups excluding tert-OH is 4. The monoisotopic (exact) mass is 353 g/mol. The molecule has 1 atom stereocenters. The molecular weight excluding hydrogens is 318 g/mol. The Morgan fingerprint density at radius 2 is 1.36 bits per heavy atom. The number of aliphatic hydroxyl groups is 4. The van der Waals surface area contributed by atoms with Gasteiger partial charge >= 0.3 is 0 Å². The fourth-order valence-corrected chi connectivity index (χ4v) is 2.97. The van der Waals surface area contributed by atoms with E-state index in [9.17, 15) is 20.4 Å². The van der Waals surface area contributed by atoms with Crippen molar-refractivity contribution in [1.29, 1.82) is 0 Å². The van der Waals surface area contributed by atoms with E-state index in [4.69, 9.17) is 5.73 Å². The molecule has 0 aliphatic carbocycles. The highest BCUT2D eigenvalue weighted by molar-refractivity contribution is 5.46. The highest BCUT2D eigenvalue weighted by Gasteiger charge is 2.41. The van der Waals surface area contributed by atoms with Crippen molar-refractivity contribution in [2.75, 3.05) is 19.8 Å². The SMILES string of the molecule is CC(C)(C)c1cc(CN)c(C(O)C(CO)(CO)CO)c(C(C)(C)C)c1. The number of nitrogens with two attached hydrogens (primary N) is 1. The van der Waals surface area contributed by atoms with Crippen molar-refractivity contribution in [3.8, 4) is 0 Å². The van der Waals surface area contributed by atoms with E-state index >= 15 is 0 Å². The first kappa shape index (κ1) is 22.1. The average Bonchev–Trinajstić information content (AvgIpc) is 2.53. The van der Waals surface area contributed by atoms with Crippen molar-refractivity contribution in [2.24, 2.45) is 11.1 Å². The van der Waals surface area contributed by atoms with E-state index in [1.807, 2.05) is 26.8 Å². The van der Waals surface area contributed by atoms with Gasteiger partial charge in [0.25, 0.3) is 0 Å². The molecule has 144 valence electrons. The van der Waals surface area contributed by atoms with Crippen LogP contribution in [0.4, 0.5) is 0 Å². The Labute approximate surface area is 151 Å². The van der Waals surface area contributed by atoms with E-state index in [1.54, 1.807) is 0 Å². The summed E-state index contributed by atoms with van der Waals surface area (Å²) in [7, 11) is 0. The standard InChI is InChI=1S/C20H35NO4/c1-18(2,3)14-7-13(9-21)16(15(8-14)19(4,5)6)17(25)20(10-22,11-23)12-24/h7-8,17,22-25H,9-12,21H2,1-6H3. The summed E-state index contributed by atoms with van der Waals surface area (Å²) in [6, 6.07) is 4.04. The van der Waals surface area contributed by atoms with Crippen molar-refractivity contribution >= 4 is 0 Å². The molecule has 6 N–H and O–H groups in total. The minimum Gasteiger partial charge on any atom is -0.395 e. The summed E-state index contributed by atoms with van der Waals surface area (Å²) < 4.78 is 0. The Kier molecular flexibility index (Phi) is 6.81. The van der Waals surface area contributed by atoms with E-state index in [0.29, 0.717) is 5.56 Å². The Morgan fingerprint density at radius 3 is 1.68 bits per heavy atom. The molecule has 0 aromatic heterocycles. The van der Waals surface area contributed by atoms with Crippen LogP contribution in [-0.2, 0) is 17.4 Å². The van der Waals surface area contributed by atoms with Gasteiger partial charge in [0.15, 0.2) is 0 Å². The van der Waals surface area contributed by atoms with Crippen molar-refractivity contribution in [3.63, 3.8) is 0 Å². The highest BCUT2D eigenvalue weighted by Crippen LogP contribution is 2.42. The molecule has 0 fully saturated rings. The molecule has 0 bridgehead atoms. The van der Waals surface area contributed by atoms with Gasteiger partial charge in [-0.15, -0.1) is 0 Å². The average molecular weight is 354 g/mol. The molecule has 0 radical (unpaired) electrons. The fourth-order valence-electron chi connectivity index (χ4n) is 2.97. The molecule has 1 aromatic rings. The van der Waals surface area contributed by atoms with Crippen LogP contribution in [0.2, 0.25) is 0 Å². The molecule has 5 heteroatoms. The van der Waals surface area contributed by atoms with Crippen LogP contribution in [0.5, 0.6) is 0 Å². The van der Waals surface area contributed by atoms with Crippen LogP contribution < -0.4 is 5.73 Å². The maximum Gasteiger partial charge on any atom is 0.0918 e. The third-order valence-corrected chi connectivity index (χ3v) is 4.96. The first-order valence-corrected chi connectivity index (χ1v) is 8.76. The highest BCUT2D eigenvalue weighted by atomic mass is 16.3. The lowest BCUT2D eigenvalue weighted by Crippen LogP contribution is -2.41. The van der Waals surface area contributed by atoms with Gasteiger partial charge in [0.2, 0.25) is 0 Å². The van der Waals surface area contributed by atoms with Gasteiger partial charge < -0.3 is 26.2 Å². The minimum atomic E-state index is -1.42. The molecule has 0 spiro atoms. The third kappa shape index (κ3) is 4.41. The number of hydrogen-bond donors (Lipinski definition) is 5. The number of benzene rings is 1. The predicted molar refractivity (Wildman–Crippen MR) is 100 cm³/mol. The molecule has 0 aliphatic rings. The molecular formula is C20H35NO4. The molecule has 1 unspecified atom stereocenters. The van der Waals surface area contributed by atoms with Gasteiger partial charge in [-0.1, -0.05) is 53.7 Å². The first-order valence-electron chi connectivity index (χ1n) is 8.76. The summed E-state index contributed by atoms with van der Waals surface area (Å²) in [5, 5.41) is 40.3. The van der Waals surface area contributed by atoms with E-state index in [-0.39, 0.29) is 17.4 Å². The fraction of sp³-hybridized carbons (Fsp3) is 0.700. The molecule has 0 saturated carbocycles.